The van der Waals surface area contributed by atoms with Crippen LogP contribution in [0.25, 0.3) is 0 Å². The van der Waals surface area contributed by atoms with Crippen LogP contribution in [0, 0.1) is 0 Å². The summed E-state index contributed by atoms with van der Waals surface area (Å²) in [5, 5.41) is 13.2. The Morgan fingerprint density at radius 1 is 1.31 bits per heavy atom. The van der Waals surface area contributed by atoms with E-state index in [1.165, 1.54) is 6.42 Å². The van der Waals surface area contributed by atoms with E-state index in [-0.39, 0.29) is 12.5 Å². The second kappa shape index (κ2) is 3.87. The second-order valence-corrected chi connectivity index (χ2v) is 4.32. The van der Waals surface area contributed by atoms with Crippen molar-refractivity contribution in [3.63, 3.8) is 0 Å². The largest absolute Gasteiger partial charge is 0.504 e. The molecule has 1 aromatic carbocycles. The monoisotopic (exact) mass is 221 g/mol. The van der Waals surface area contributed by atoms with Crippen molar-refractivity contribution in [2.75, 3.05) is 19.9 Å². The highest BCUT2D eigenvalue weighted by atomic mass is 16.7. The van der Waals surface area contributed by atoms with Crippen LogP contribution in [-0.2, 0) is 0 Å². The lowest BCUT2D eigenvalue weighted by Gasteiger charge is -2.23. The number of piperidine rings is 1. The number of ether oxygens (including phenoxy) is 2. The second-order valence-electron chi connectivity index (χ2n) is 4.32. The number of phenolic OH excluding ortho intramolecular Hbond substituents is 1. The maximum Gasteiger partial charge on any atom is 0.231 e. The van der Waals surface area contributed by atoms with E-state index in [0.717, 1.165) is 25.1 Å². The lowest BCUT2D eigenvalue weighted by atomic mass is 9.91. The first-order valence-electron chi connectivity index (χ1n) is 5.68. The van der Waals surface area contributed by atoms with Crippen molar-refractivity contribution >= 4 is 0 Å². The fourth-order valence-corrected chi connectivity index (χ4v) is 2.38. The van der Waals surface area contributed by atoms with Crippen molar-refractivity contribution in [1.29, 1.82) is 0 Å². The van der Waals surface area contributed by atoms with E-state index in [9.17, 15) is 5.11 Å². The first-order chi connectivity index (χ1) is 7.84. The maximum absolute atomic E-state index is 9.82. The van der Waals surface area contributed by atoms with Crippen LogP contribution >= 0.6 is 0 Å². The normalized spacial score (nSPS) is 23.4. The molecule has 1 aromatic rings. The van der Waals surface area contributed by atoms with Crippen LogP contribution in [0.3, 0.4) is 0 Å². The predicted octanol–water partition coefficient (Wildman–Crippen LogP) is 1.59. The zero-order valence-electron chi connectivity index (χ0n) is 9.03. The van der Waals surface area contributed by atoms with Crippen molar-refractivity contribution in [3.8, 4) is 17.2 Å². The zero-order valence-corrected chi connectivity index (χ0v) is 9.03. The molecule has 0 amide bonds. The Kier molecular flexibility index (Phi) is 2.36. The molecule has 2 N–H and O–H groups in total. The third-order valence-electron chi connectivity index (χ3n) is 3.24. The van der Waals surface area contributed by atoms with Gasteiger partial charge in [-0.1, -0.05) is 0 Å². The molecular weight excluding hydrogens is 206 g/mol. The van der Waals surface area contributed by atoms with Crippen LogP contribution in [0.1, 0.15) is 24.3 Å². The highest BCUT2D eigenvalue weighted by Crippen LogP contribution is 2.43. The Balaban J connectivity index is 1.92. The molecule has 1 unspecified atom stereocenters. The van der Waals surface area contributed by atoms with Gasteiger partial charge in [-0.05, 0) is 43.0 Å². The number of aromatic hydroxyl groups is 1. The Hall–Kier alpha value is -1.42. The number of phenols is 1. The minimum atomic E-state index is 0.190. The number of benzene rings is 1. The topological polar surface area (TPSA) is 50.7 Å². The molecule has 1 atom stereocenters. The van der Waals surface area contributed by atoms with E-state index in [0.29, 0.717) is 17.4 Å². The minimum Gasteiger partial charge on any atom is -0.504 e. The molecule has 0 radical (unpaired) electrons. The summed E-state index contributed by atoms with van der Waals surface area (Å²) in [4.78, 5) is 0. The summed E-state index contributed by atoms with van der Waals surface area (Å²) >= 11 is 0. The Morgan fingerprint density at radius 3 is 3.06 bits per heavy atom. The Morgan fingerprint density at radius 2 is 2.25 bits per heavy atom. The van der Waals surface area contributed by atoms with Gasteiger partial charge in [0, 0.05) is 6.54 Å². The summed E-state index contributed by atoms with van der Waals surface area (Å²) in [7, 11) is 0. The van der Waals surface area contributed by atoms with Crippen molar-refractivity contribution in [1.82, 2.24) is 5.32 Å². The first kappa shape index (κ1) is 9.78. The fourth-order valence-electron chi connectivity index (χ4n) is 2.38. The molecule has 16 heavy (non-hydrogen) atoms. The van der Waals surface area contributed by atoms with Crippen LogP contribution in [0.2, 0.25) is 0 Å². The van der Waals surface area contributed by atoms with Crippen LogP contribution < -0.4 is 14.8 Å². The molecule has 2 aliphatic rings. The molecule has 4 heteroatoms. The number of nitrogens with one attached hydrogen (secondary N) is 1. The van der Waals surface area contributed by atoms with Crippen molar-refractivity contribution in [2.24, 2.45) is 0 Å². The van der Waals surface area contributed by atoms with Crippen LogP contribution in [0.4, 0.5) is 0 Å². The van der Waals surface area contributed by atoms with Crippen molar-refractivity contribution < 1.29 is 14.6 Å². The molecule has 0 saturated carbocycles. The number of hydrogen-bond acceptors (Lipinski definition) is 4. The quantitative estimate of drug-likeness (QED) is 0.756. The third kappa shape index (κ3) is 1.59. The molecule has 4 nitrogen and oxygen atoms in total. The standard InChI is InChI=1S/C12H15NO3/c14-10-4-9(8-2-1-3-13-6-8)5-11-12(10)16-7-15-11/h4-5,8,13-14H,1-3,6-7H2. The molecular formula is C12H15NO3. The van der Waals surface area contributed by atoms with E-state index in [1.807, 2.05) is 6.07 Å². The number of rotatable bonds is 1. The van der Waals surface area contributed by atoms with E-state index in [1.54, 1.807) is 6.07 Å². The summed E-state index contributed by atoms with van der Waals surface area (Å²) in [6, 6.07) is 3.78. The molecule has 3 rings (SSSR count). The van der Waals surface area contributed by atoms with Crippen LogP contribution in [0.15, 0.2) is 12.1 Å². The van der Waals surface area contributed by atoms with Gasteiger partial charge in [-0.3, -0.25) is 0 Å². The summed E-state index contributed by atoms with van der Waals surface area (Å²) in [5.74, 6) is 1.80. The smallest absolute Gasteiger partial charge is 0.231 e. The zero-order chi connectivity index (χ0) is 11.0. The minimum absolute atomic E-state index is 0.190. The van der Waals surface area contributed by atoms with E-state index in [4.69, 9.17) is 9.47 Å². The average molecular weight is 221 g/mol. The van der Waals surface area contributed by atoms with Crippen molar-refractivity contribution in [2.45, 2.75) is 18.8 Å². The Bertz CT molecular complexity index is 399. The lowest BCUT2D eigenvalue weighted by molar-refractivity contribution is 0.171. The molecule has 0 aromatic heterocycles. The van der Waals surface area contributed by atoms with Gasteiger partial charge in [0.05, 0.1) is 0 Å². The fraction of sp³-hybridized carbons (Fsp3) is 0.500. The van der Waals surface area contributed by atoms with E-state index >= 15 is 0 Å². The van der Waals surface area contributed by atoms with Gasteiger partial charge in [0.15, 0.2) is 11.5 Å². The molecule has 2 heterocycles. The summed E-state index contributed by atoms with van der Waals surface area (Å²) in [6.07, 6.45) is 2.34. The van der Waals surface area contributed by atoms with Crippen molar-refractivity contribution in [3.05, 3.63) is 17.7 Å². The number of fused-ring (bicyclic) bond motifs is 1. The van der Waals surface area contributed by atoms with Crippen LogP contribution in [0.5, 0.6) is 17.2 Å². The average Bonchev–Trinajstić information content (AvgIpc) is 2.79. The maximum atomic E-state index is 9.82. The molecule has 1 fully saturated rings. The first-order valence-corrected chi connectivity index (χ1v) is 5.68. The highest BCUT2D eigenvalue weighted by molar-refractivity contribution is 5.55. The van der Waals surface area contributed by atoms with Gasteiger partial charge in [0.25, 0.3) is 0 Å². The molecule has 0 aliphatic carbocycles. The molecule has 86 valence electrons. The molecule has 1 saturated heterocycles. The van der Waals surface area contributed by atoms with Crippen LogP contribution in [-0.4, -0.2) is 25.0 Å². The highest BCUT2D eigenvalue weighted by Gasteiger charge is 2.23. The predicted molar refractivity (Wildman–Crippen MR) is 59.1 cm³/mol. The molecule has 0 spiro atoms. The van der Waals surface area contributed by atoms with Gasteiger partial charge in [-0.15, -0.1) is 0 Å². The summed E-state index contributed by atoms with van der Waals surface area (Å²) in [6.45, 7) is 2.27. The van der Waals surface area contributed by atoms with E-state index < -0.39 is 0 Å². The number of hydrogen-bond donors (Lipinski definition) is 2. The van der Waals surface area contributed by atoms with Gasteiger partial charge in [0.2, 0.25) is 12.5 Å². The molecule has 2 aliphatic heterocycles. The van der Waals surface area contributed by atoms with Gasteiger partial charge < -0.3 is 19.9 Å². The summed E-state index contributed by atoms with van der Waals surface area (Å²) in [5.41, 5.74) is 1.13. The Labute approximate surface area is 94.2 Å². The van der Waals surface area contributed by atoms with Gasteiger partial charge in [0.1, 0.15) is 0 Å². The summed E-state index contributed by atoms with van der Waals surface area (Å²) < 4.78 is 10.5. The van der Waals surface area contributed by atoms with Gasteiger partial charge in [-0.2, -0.15) is 0 Å². The third-order valence-corrected chi connectivity index (χ3v) is 3.24. The molecule has 0 bridgehead atoms. The lowest BCUT2D eigenvalue weighted by Crippen LogP contribution is -2.28. The van der Waals surface area contributed by atoms with Gasteiger partial charge in [-0.25, -0.2) is 0 Å². The van der Waals surface area contributed by atoms with E-state index in [2.05, 4.69) is 5.32 Å². The van der Waals surface area contributed by atoms with Gasteiger partial charge >= 0.3 is 0 Å². The SMILES string of the molecule is Oc1cc(C2CCCNC2)cc2c1OCO2.